The molecule has 0 bridgehead atoms. The maximum atomic E-state index is 8.74. The Morgan fingerprint density at radius 1 is 1.32 bits per heavy atom. The maximum absolute atomic E-state index is 8.74. The lowest BCUT2D eigenvalue weighted by Crippen LogP contribution is -2.21. The third-order valence-corrected chi connectivity index (χ3v) is 2.83. The van der Waals surface area contributed by atoms with E-state index in [4.69, 9.17) is 10.8 Å². The number of aliphatic hydroxyl groups excluding tert-OH is 1. The van der Waals surface area contributed by atoms with Crippen LogP contribution >= 0.6 is 0 Å². The number of nitrogens with one attached hydrogen (secondary N) is 1. The number of unbranched alkanes of at least 4 members (excludes halogenated alkanes) is 2. The molecular weight excluding hydrogens is 242 g/mol. The molecule has 0 spiro atoms. The zero-order valence-corrected chi connectivity index (χ0v) is 11.9. The summed E-state index contributed by atoms with van der Waals surface area (Å²) >= 11 is 0. The minimum Gasteiger partial charge on any atom is -0.396 e. The lowest BCUT2D eigenvalue weighted by molar-refractivity contribution is 0.283. The fourth-order valence-electron chi connectivity index (χ4n) is 1.74. The van der Waals surface area contributed by atoms with Crippen molar-refractivity contribution in [1.82, 2.24) is 9.97 Å². The van der Waals surface area contributed by atoms with E-state index >= 15 is 0 Å². The lowest BCUT2D eigenvalue weighted by Gasteiger charge is -2.19. The van der Waals surface area contributed by atoms with Crippen LogP contribution in [0.4, 0.5) is 17.6 Å². The van der Waals surface area contributed by atoms with Crippen LogP contribution in [0.25, 0.3) is 0 Å². The molecule has 0 aliphatic rings. The van der Waals surface area contributed by atoms with E-state index in [1.54, 1.807) is 0 Å². The minimum atomic E-state index is 0.259. The van der Waals surface area contributed by atoms with Crippen molar-refractivity contribution in [2.24, 2.45) is 0 Å². The van der Waals surface area contributed by atoms with Crippen LogP contribution in [0.2, 0.25) is 0 Å². The molecule has 1 rings (SSSR count). The first-order valence-electron chi connectivity index (χ1n) is 6.87. The van der Waals surface area contributed by atoms with Gasteiger partial charge in [0, 0.05) is 32.8 Å². The molecule has 1 aromatic heterocycles. The maximum Gasteiger partial charge on any atom is 0.223 e. The number of nitrogen functional groups attached to an aromatic ring is 1. The summed E-state index contributed by atoms with van der Waals surface area (Å²) in [6.45, 7) is 4.13. The summed E-state index contributed by atoms with van der Waals surface area (Å²) in [5.41, 5.74) is 5.72. The van der Waals surface area contributed by atoms with Crippen molar-refractivity contribution in [3.63, 3.8) is 0 Å². The molecule has 1 aromatic rings. The van der Waals surface area contributed by atoms with Gasteiger partial charge in [-0.05, 0) is 25.7 Å². The van der Waals surface area contributed by atoms with Crippen LogP contribution in [0.1, 0.15) is 32.6 Å². The van der Waals surface area contributed by atoms with Crippen LogP contribution in [0.15, 0.2) is 6.07 Å². The van der Waals surface area contributed by atoms with Crippen molar-refractivity contribution in [2.75, 3.05) is 42.7 Å². The lowest BCUT2D eigenvalue weighted by atomic mass is 10.2. The smallest absolute Gasteiger partial charge is 0.223 e. The average molecular weight is 267 g/mol. The molecule has 6 nitrogen and oxygen atoms in total. The van der Waals surface area contributed by atoms with Gasteiger partial charge in [-0.1, -0.05) is 6.92 Å². The molecule has 0 atom stereocenters. The molecule has 6 heteroatoms. The molecule has 0 saturated heterocycles. The summed E-state index contributed by atoms with van der Waals surface area (Å²) in [5.74, 6) is 1.89. The summed E-state index contributed by atoms with van der Waals surface area (Å²) in [6.07, 6.45) is 3.93. The quantitative estimate of drug-likeness (QED) is 0.587. The Balaban J connectivity index is 2.57. The largest absolute Gasteiger partial charge is 0.396 e. The Morgan fingerprint density at radius 2 is 2.11 bits per heavy atom. The molecule has 0 saturated carbocycles. The van der Waals surface area contributed by atoms with Crippen LogP contribution in [-0.4, -0.2) is 41.8 Å². The standard InChI is InChI=1S/C13H25N5O/c1-3-7-15-11-10-12(17-13(14)16-11)18(2)8-5-4-6-9-19/h10,19H,3-9H2,1-2H3,(H3,14,15,16,17). The second-order valence-corrected chi connectivity index (χ2v) is 4.60. The van der Waals surface area contributed by atoms with Gasteiger partial charge in [-0.15, -0.1) is 0 Å². The molecular formula is C13H25N5O. The predicted octanol–water partition coefficient (Wildman–Crippen LogP) is 1.48. The molecule has 108 valence electrons. The molecule has 0 aromatic carbocycles. The van der Waals surface area contributed by atoms with Gasteiger partial charge in [-0.2, -0.15) is 9.97 Å². The van der Waals surface area contributed by atoms with Crippen molar-refractivity contribution < 1.29 is 5.11 Å². The number of nitrogens with two attached hydrogens (primary N) is 1. The zero-order chi connectivity index (χ0) is 14.1. The number of rotatable bonds is 9. The zero-order valence-electron chi connectivity index (χ0n) is 11.9. The van der Waals surface area contributed by atoms with Crippen LogP contribution in [0.3, 0.4) is 0 Å². The van der Waals surface area contributed by atoms with E-state index in [-0.39, 0.29) is 6.61 Å². The summed E-state index contributed by atoms with van der Waals surface area (Å²) in [7, 11) is 1.99. The predicted molar refractivity (Wildman–Crippen MR) is 79.4 cm³/mol. The van der Waals surface area contributed by atoms with Crippen LogP contribution in [-0.2, 0) is 0 Å². The second-order valence-electron chi connectivity index (χ2n) is 4.60. The normalized spacial score (nSPS) is 10.5. The highest BCUT2D eigenvalue weighted by molar-refractivity contribution is 5.52. The summed E-state index contributed by atoms with van der Waals surface area (Å²) in [6, 6.07) is 1.91. The topological polar surface area (TPSA) is 87.3 Å². The Labute approximate surface area is 115 Å². The first-order chi connectivity index (χ1) is 9.17. The van der Waals surface area contributed by atoms with E-state index in [0.29, 0.717) is 5.95 Å². The van der Waals surface area contributed by atoms with Crippen molar-refractivity contribution >= 4 is 17.6 Å². The highest BCUT2D eigenvalue weighted by Crippen LogP contribution is 2.16. The third kappa shape index (κ3) is 5.74. The van der Waals surface area contributed by atoms with E-state index in [2.05, 4.69) is 27.1 Å². The van der Waals surface area contributed by atoms with Crippen LogP contribution in [0.5, 0.6) is 0 Å². The molecule has 0 aliphatic carbocycles. The number of hydrogen-bond acceptors (Lipinski definition) is 6. The fourth-order valence-corrected chi connectivity index (χ4v) is 1.74. The number of anilines is 3. The van der Waals surface area contributed by atoms with E-state index in [0.717, 1.165) is 50.4 Å². The van der Waals surface area contributed by atoms with E-state index in [9.17, 15) is 0 Å². The monoisotopic (exact) mass is 267 g/mol. The first-order valence-corrected chi connectivity index (χ1v) is 6.87. The van der Waals surface area contributed by atoms with Crippen molar-refractivity contribution in [2.45, 2.75) is 32.6 Å². The van der Waals surface area contributed by atoms with Gasteiger partial charge in [0.15, 0.2) is 0 Å². The van der Waals surface area contributed by atoms with Crippen molar-refractivity contribution in [1.29, 1.82) is 0 Å². The van der Waals surface area contributed by atoms with Gasteiger partial charge < -0.3 is 21.1 Å². The first kappa shape index (κ1) is 15.5. The van der Waals surface area contributed by atoms with Gasteiger partial charge in [0.1, 0.15) is 11.6 Å². The van der Waals surface area contributed by atoms with Crippen LogP contribution < -0.4 is 16.0 Å². The molecule has 1 heterocycles. The minimum absolute atomic E-state index is 0.259. The van der Waals surface area contributed by atoms with Crippen LogP contribution in [0, 0.1) is 0 Å². The number of hydrogen-bond donors (Lipinski definition) is 3. The Hall–Kier alpha value is -1.56. The molecule has 0 aliphatic heterocycles. The summed E-state index contributed by atoms with van der Waals surface area (Å²) < 4.78 is 0. The van der Waals surface area contributed by atoms with Gasteiger partial charge in [0.2, 0.25) is 5.95 Å². The summed E-state index contributed by atoms with van der Waals surface area (Å²) in [5, 5.41) is 12.0. The Morgan fingerprint density at radius 3 is 2.79 bits per heavy atom. The van der Waals surface area contributed by atoms with Gasteiger partial charge in [0.05, 0.1) is 0 Å². The van der Waals surface area contributed by atoms with Gasteiger partial charge >= 0.3 is 0 Å². The Bertz CT molecular complexity index is 372. The van der Waals surface area contributed by atoms with Gasteiger partial charge in [-0.25, -0.2) is 0 Å². The van der Waals surface area contributed by atoms with Crippen molar-refractivity contribution in [3.8, 4) is 0 Å². The Kier molecular flexibility index (Phi) is 6.95. The van der Waals surface area contributed by atoms with E-state index in [1.165, 1.54) is 0 Å². The molecule has 0 amide bonds. The highest BCUT2D eigenvalue weighted by atomic mass is 16.2. The molecule has 0 radical (unpaired) electrons. The molecule has 4 N–H and O–H groups in total. The number of nitrogens with zero attached hydrogens (tertiary/aromatic N) is 3. The summed E-state index contributed by atoms with van der Waals surface area (Å²) in [4.78, 5) is 10.5. The third-order valence-electron chi connectivity index (χ3n) is 2.83. The SMILES string of the molecule is CCCNc1cc(N(C)CCCCCO)nc(N)n1. The number of aliphatic hydroxyl groups is 1. The molecule has 19 heavy (non-hydrogen) atoms. The van der Waals surface area contributed by atoms with Gasteiger partial charge in [-0.3, -0.25) is 0 Å². The average Bonchev–Trinajstić information content (AvgIpc) is 2.40. The number of aromatic nitrogens is 2. The van der Waals surface area contributed by atoms with Crippen molar-refractivity contribution in [3.05, 3.63) is 6.07 Å². The molecule has 0 fully saturated rings. The van der Waals surface area contributed by atoms with E-state index < -0.39 is 0 Å². The highest BCUT2D eigenvalue weighted by Gasteiger charge is 2.06. The molecule has 0 unspecified atom stereocenters. The van der Waals surface area contributed by atoms with E-state index in [1.807, 2.05) is 13.1 Å². The fraction of sp³-hybridized carbons (Fsp3) is 0.692. The van der Waals surface area contributed by atoms with Gasteiger partial charge in [0.25, 0.3) is 0 Å². The second kappa shape index (κ2) is 8.53.